The van der Waals surface area contributed by atoms with Gasteiger partial charge in [0.15, 0.2) is 0 Å². The number of benzene rings is 2. The summed E-state index contributed by atoms with van der Waals surface area (Å²) in [6, 6.07) is 10.0. The van der Waals surface area contributed by atoms with Gasteiger partial charge in [0.1, 0.15) is 17.6 Å². The normalized spacial score (nSPS) is 14.9. The van der Waals surface area contributed by atoms with Crippen LogP contribution in [-0.4, -0.2) is 24.0 Å². The van der Waals surface area contributed by atoms with Gasteiger partial charge in [0, 0.05) is 19.2 Å². The number of nitrogens with zero attached hydrogens (tertiary/aromatic N) is 2. The highest BCUT2D eigenvalue weighted by molar-refractivity contribution is 5.91. The number of nitro benzene ring substituents is 1. The second-order valence-electron chi connectivity index (χ2n) is 6.25. The number of halogens is 1. The number of esters is 1. The molecule has 1 aliphatic rings. The van der Waals surface area contributed by atoms with Crippen molar-refractivity contribution in [2.45, 2.75) is 25.9 Å². The van der Waals surface area contributed by atoms with Crippen molar-refractivity contribution < 1.29 is 18.8 Å². The van der Waals surface area contributed by atoms with Gasteiger partial charge in [-0.1, -0.05) is 12.1 Å². The van der Waals surface area contributed by atoms with Gasteiger partial charge < -0.3 is 9.64 Å². The van der Waals surface area contributed by atoms with Gasteiger partial charge in [0.2, 0.25) is 0 Å². The molecular formula is C19H19FN2O4. The molecule has 136 valence electrons. The van der Waals surface area contributed by atoms with E-state index in [4.69, 9.17) is 4.74 Å². The van der Waals surface area contributed by atoms with Crippen molar-refractivity contribution in [1.82, 2.24) is 0 Å². The van der Waals surface area contributed by atoms with Gasteiger partial charge in [0.05, 0.1) is 10.5 Å². The minimum absolute atomic E-state index is 0.101. The van der Waals surface area contributed by atoms with E-state index in [1.807, 2.05) is 4.90 Å². The fraction of sp³-hybridized carbons (Fsp3) is 0.316. The first kappa shape index (κ1) is 17.8. The van der Waals surface area contributed by atoms with Gasteiger partial charge in [-0.2, -0.15) is 0 Å². The Kier molecular flexibility index (Phi) is 5.16. The number of carbonyl (C=O) groups excluding carboxylic acids is 1. The molecule has 7 heteroatoms. The average Bonchev–Trinajstić information content (AvgIpc) is 3.16. The quantitative estimate of drug-likeness (QED) is 0.454. The second kappa shape index (κ2) is 7.51. The molecule has 1 atom stereocenters. The van der Waals surface area contributed by atoms with Gasteiger partial charge in [-0.3, -0.25) is 10.1 Å². The average molecular weight is 358 g/mol. The van der Waals surface area contributed by atoms with Crippen molar-refractivity contribution in [3.05, 3.63) is 69.5 Å². The van der Waals surface area contributed by atoms with E-state index < -0.39 is 17.0 Å². The van der Waals surface area contributed by atoms with Gasteiger partial charge in [0.25, 0.3) is 5.69 Å². The molecule has 26 heavy (non-hydrogen) atoms. The van der Waals surface area contributed by atoms with Crippen LogP contribution in [0.4, 0.5) is 15.8 Å². The van der Waals surface area contributed by atoms with Crippen molar-refractivity contribution in [2.75, 3.05) is 18.0 Å². The number of hydrogen-bond donors (Lipinski definition) is 0. The molecule has 0 amide bonds. The molecule has 1 fully saturated rings. The van der Waals surface area contributed by atoms with Crippen LogP contribution in [0.5, 0.6) is 0 Å². The molecule has 1 saturated heterocycles. The van der Waals surface area contributed by atoms with E-state index >= 15 is 0 Å². The summed E-state index contributed by atoms with van der Waals surface area (Å²) in [7, 11) is 0. The topological polar surface area (TPSA) is 72.7 Å². The van der Waals surface area contributed by atoms with E-state index in [9.17, 15) is 19.3 Å². The van der Waals surface area contributed by atoms with E-state index in [1.54, 1.807) is 19.1 Å². The van der Waals surface area contributed by atoms with Crippen LogP contribution in [0.25, 0.3) is 0 Å². The Labute approximate surface area is 150 Å². The maximum Gasteiger partial charge on any atom is 0.338 e. The largest absolute Gasteiger partial charge is 0.454 e. The molecule has 3 rings (SSSR count). The van der Waals surface area contributed by atoms with E-state index in [0.717, 1.165) is 25.9 Å². The lowest BCUT2D eigenvalue weighted by molar-refractivity contribution is -0.384. The summed E-state index contributed by atoms with van der Waals surface area (Å²) in [5, 5.41) is 11.4. The first-order chi connectivity index (χ1) is 12.5. The van der Waals surface area contributed by atoms with Crippen molar-refractivity contribution in [3.8, 4) is 0 Å². The third-order valence-corrected chi connectivity index (χ3v) is 4.48. The summed E-state index contributed by atoms with van der Waals surface area (Å²) in [4.78, 5) is 25.3. The van der Waals surface area contributed by atoms with Crippen LogP contribution >= 0.6 is 0 Å². The zero-order valence-electron chi connectivity index (χ0n) is 14.4. The molecule has 0 aliphatic carbocycles. The maximum absolute atomic E-state index is 13.0. The first-order valence-corrected chi connectivity index (χ1v) is 8.45. The third-order valence-electron chi connectivity index (χ3n) is 4.48. The predicted octanol–water partition coefficient (Wildman–Crippen LogP) is 4.25. The van der Waals surface area contributed by atoms with Crippen molar-refractivity contribution in [3.63, 3.8) is 0 Å². The van der Waals surface area contributed by atoms with Crippen LogP contribution in [0.1, 0.15) is 41.8 Å². The highest BCUT2D eigenvalue weighted by Crippen LogP contribution is 2.32. The van der Waals surface area contributed by atoms with Crippen molar-refractivity contribution in [2.24, 2.45) is 0 Å². The minimum Gasteiger partial charge on any atom is -0.454 e. The standard InChI is InChI=1S/C19H19FN2O4/c1-13(14-4-7-16(20)8-5-14)26-19(23)15-6-9-17(18(12-15)22(24)25)21-10-2-3-11-21/h4-9,12-13H,2-3,10-11H2,1H3/t13-/m1/s1. The highest BCUT2D eigenvalue weighted by Gasteiger charge is 2.25. The predicted molar refractivity (Wildman–Crippen MR) is 94.8 cm³/mol. The van der Waals surface area contributed by atoms with Gasteiger partial charge in [-0.25, -0.2) is 9.18 Å². The summed E-state index contributed by atoms with van der Waals surface area (Å²) in [5.74, 6) is -1.03. The Bertz CT molecular complexity index is 817. The molecule has 6 nitrogen and oxygen atoms in total. The zero-order valence-corrected chi connectivity index (χ0v) is 14.4. The molecular weight excluding hydrogens is 339 g/mol. The number of rotatable bonds is 5. The SMILES string of the molecule is C[C@@H](OC(=O)c1ccc(N2CCCC2)c([N+](=O)[O-])c1)c1ccc(F)cc1. The smallest absolute Gasteiger partial charge is 0.338 e. The molecule has 0 spiro atoms. The molecule has 1 aliphatic heterocycles. The minimum atomic E-state index is -0.655. The highest BCUT2D eigenvalue weighted by atomic mass is 19.1. The van der Waals surface area contributed by atoms with E-state index in [1.165, 1.54) is 30.3 Å². The molecule has 0 saturated carbocycles. The van der Waals surface area contributed by atoms with Crippen LogP contribution in [-0.2, 0) is 4.74 Å². The van der Waals surface area contributed by atoms with Crippen molar-refractivity contribution >= 4 is 17.3 Å². The summed E-state index contributed by atoms with van der Waals surface area (Å²) in [5.41, 5.74) is 1.18. The van der Waals surface area contributed by atoms with Gasteiger partial charge in [-0.15, -0.1) is 0 Å². The molecule has 2 aromatic carbocycles. The third kappa shape index (κ3) is 3.82. The fourth-order valence-electron chi connectivity index (χ4n) is 3.05. The zero-order chi connectivity index (χ0) is 18.7. The molecule has 1 heterocycles. The second-order valence-corrected chi connectivity index (χ2v) is 6.25. The monoisotopic (exact) mass is 358 g/mol. The fourth-order valence-corrected chi connectivity index (χ4v) is 3.05. The number of nitro groups is 1. The molecule has 0 radical (unpaired) electrons. The maximum atomic E-state index is 13.0. The summed E-state index contributed by atoms with van der Waals surface area (Å²) in [6.07, 6.45) is 1.40. The van der Waals surface area contributed by atoms with Gasteiger partial charge >= 0.3 is 5.97 Å². The Hall–Kier alpha value is -2.96. The first-order valence-electron chi connectivity index (χ1n) is 8.45. The van der Waals surface area contributed by atoms with Crippen LogP contribution in [0.15, 0.2) is 42.5 Å². The van der Waals surface area contributed by atoms with Crippen LogP contribution in [0.3, 0.4) is 0 Å². The summed E-state index contributed by atoms with van der Waals surface area (Å²) in [6.45, 7) is 3.20. The van der Waals surface area contributed by atoms with Crippen LogP contribution in [0.2, 0.25) is 0 Å². The van der Waals surface area contributed by atoms with Crippen molar-refractivity contribution in [1.29, 1.82) is 0 Å². The summed E-state index contributed by atoms with van der Waals surface area (Å²) >= 11 is 0. The summed E-state index contributed by atoms with van der Waals surface area (Å²) < 4.78 is 18.4. The lowest BCUT2D eigenvalue weighted by Crippen LogP contribution is -2.19. The van der Waals surface area contributed by atoms with E-state index in [-0.39, 0.29) is 17.1 Å². The lowest BCUT2D eigenvalue weighted by Gasteiger charge is -2.18. The van der Waals surface area contributed by atoms with Crippen LogP contribution in [0, 0.1) is 15.9 Å². The molecule has 2 aromatic rings. The number of anilines is 1. The molecule has 0 aromatic heterocycles. The number of carbonyl (C=O) groups is 1. The lowest BCUT2D eigenvalue weighted by atomic mass is 10.1. The Morgan fingerprint density at radius 1 is 1.19 bits per heavy atom. The molecule has 0 N–H and O–H groups in total. The molecule has 0 unspecified atom stereocenters. The Balaban J connectivity index is 1.79. The Morgan fingerprint density at radius 2 is 1.85 bits per heavy atom. The number of hydrogen-bond acceptors (Lipinski definition) is 5. The van der Waals surface area contributed by atoms with Gasteiger partial charge in [-0.05, 0) is 49.6 Å². The van der Waals surface area contributed by atoms with E-state index in [0.29, 0.717) is 11.3 Å². The Morgan fingerprint density at radius 3 is 2.46 bits per heavy atom. The van der Waals surface area contributed by atoms with E-state index in [2.05, 4.69) is 0 Å². The van der Waals surface area contributed by atoms with Crippen LogP contribution < -0.4 is 4.90 Å². The molecule has 0 bridgehead atoms. The number of ether oxygens (including phenoxy) is 1.